The Kier molecular flexibility index (Phi) is 4.00. The molecule has 1 fully saturated rings. The van der Waals surface area contributed by atoms with E-state index in [1.807, 2.05) is 6.92 Å². The third-order valence-corrected chi connectivity index (χ3v) is 6.17. The highest BCUT2D eigenvalue weighted by Crippen LogP contribution is 2.34. The largest absolute Gasteiger partial charge is 0.367 e. The molecule has 1 aliphatic carbocycles. The number of aromatic nitrogens is 3. The number of nitrogens with one attached hydrogen (secondary N) is 1. The van der Waals surface area contributed by atoms with E-state index in [0.29, 0.717) is 22.8 Å². The molecule has 0 saturated heterocycles. The Labute approximate surface area is 156 Å². The van der Waals surface area contributed by atoms with Crippen LogP contribution in [-0.4, -0.2) is 28.4 Å². The van der Waals surface area contributed by atoms with Gasteiger partial charge in [0.1, 0.15) is 5.82 Å². The van der Waals surface area contributed by atoms with Gasteiger partial charge in [0.05, 0.1) is 10.3 Å². The third-order valence-electron chi connectivity index (χ3n) is 4.33. The Morgan fingerprint density at radius 1 is 1.27 bits per heavy atom. The summed E-state index contributed by atoms with van der Waals surface area (Å²) in [6.07, 6.45) is 5.21. The highest BCUT2D eigenvalue weighted by Gasteiger charge is 2.27. The number of hydrogen-bond acceptors (Lipinski definition) is 5. The molecule has 0 spiro atoms. The van der Waals surface area contributed by atoms with Gasteiger partial charge in [0.25, 0.3) is 10.0 Å². The van der Waals surface area contributed by atoms with Crippen LogP contribution < -0.4 is 5.32 Å². The van der Waals surface area contributed by atoms with Crippen molar-refractivity contribution in [1.29, 1.82) is 0 Å². The van der Waals surface area contributed by atoms with E-state index in [-0.39, 0.29) is 15.8 Å². The second-order valence-electron chi connectivity index (χ2n) is 6.36. The molecule has 0 unspecified atom stereocenters. The van der Waals surface area contributed by atoms with E-state index < -0.39 is 10.0 Å². The van der Waals surface area contributed by atoms with Crippen molar-refractivity contribution in [2.75, 3.05) is 5.32 Å². The minimum Gasteiger partial charge on any atom is -0.367 e. The average Bonchev–Trinajstić information content (AvgIpc) is 3.32. The summed E-state index contributed by atoms with van der Waals surface area (Å²) in [5.74, 6) is 0.537. The van der Waals surface area contributed by atoms with Gasteiger partial charge in [-0.05, 0) is 43.5 Å². The quantitative estimate of drug-likeness (QED) is 0.672. The molecule has 1 aliphatic rings. The highest BCUT2D eigenvalue weighted by molar-refractivity contribution is 7.90. The summed E-state index contributed by atoms with van der Waals surface area (Å²) in [7, 11) is -3.83. The molecule has 0 radical (unpaired) electrons. The zero-order chi connectivity index (χ0) is 18.5. The standard InChI is InChI=1S/C18H17ClN4O2S/c1-3-12-10-23(26(24,25)14-8-4-11(2)5-9-14)17-15(12)16(20-13-6-7-13)21-18(19)22-17/h3-5,8-10,13H,1,6-7H2,2H3,(H,20,21,22). The van der Waals surface area contributed by atoms with Gasteiger partial charge >= 0.3 is 0 Å². The molecule has 4 rings (SSSR count). The summed E-state index contributed by atoms with van der Waals surface area (Å²) in [4.78, 5) is 8.63. The van der Waals surface area contributed by atoms with E-state index >= 15 is 0 Å². The zero-order valence-corrected chi connectivity index (χ0v) is 15.7. The molecule has 26 heavy (non-hydrogen) atoms. The molecule has 8 heteroatoms. The fraction of sp³-hybridized carbons (Fsp3) is 0.222. The van der Waals surface area contributed by atoms with E-state index in [4.69, 9.17) is 11.6 Å². The Bertz CT molecular complexity index is 1120. The SMILES string of the molecule is C=Cc1cn(S(=O)(=O)c2ccc(C)cc2)c2nc(Cl)nc(NC3CC3)c12. The molecule has 134 valence electrons. The molecule has 2 aromatic heterocycles. The maximum Gasteiger partial charge on any atom is 0.269 e. The molecular formula is C18H17ClN4O2S. The van der Waals surface area contributed by atoms with Crippen LogP contribution in [0.3, 0.4) is 0 Å². The van der Waals surface area contributed by atoms with Crippen molar-refractivity contribution in [3.05, 3.63) is 53.5 Å². The molecular weight excluding hydrogens is 372 g/mol. The van der Waals surface area contributed by atoms with Crippen LogP contribution in [0.5, 0.6) is 0 Å². The van der Waals surface area contributed by atoms with Crippen molar-refractivity contribution in [2.45, 2.75) is 30.7 Å². The van der Waals surface area contributed by atoms with E-state index in [1.54, 1.807) is 30.3 Å². The maximum absolute atomic E-state index is 13.2. The molecule has 1 N–H and O–H groups in total. The normalized spacial score (nSPS) is 14.5. The van der Waals surface area contributed by atoms with Gasteiger partial charge in [-0.1, -0.05) is 30.4 Å². The minimum atomic E-state index is -3.83. The highest BCUT2D eigenvalue weighted by atomic mass is 35.5. The lowest BCUT2D eigenvalue weighted by molar-refractivity contribution is 0.588. The Morgan fingerprint density at radius 2 is 1.96 bits per heavy atom. The van der Waals surface area contributed by atoms with Crippen LogP contribution in [0.15, 0.2) is 41.9 Å². The topological polar surface area (TPSA) is 76.9 Å². The first-order chi connectivity index (χ1) is 12.4. The molecule has 2 heterocycles. The number of anilines is 1. The van der Waals surface area contributed by atoms with Gasteiger partial charge in [0.15, 0.2) is 5.65 Å². The molecule has 3 aromatic rings. The van der Waals surface area contributed by atoms with E-state index in [2.05, 4.69) is 21.9 Å². The van der Waals surface area contributed by atoms with Crippen LogP contribution in [0, 0.1) is 6.92 Å². The first kappa shape index (κ1) is 17.1. The summed E-state index contributed by atoms with van der Waals surface area (Å²) in [5.41, 5.74) is 1.86. The number of aryl methyl sites for hydroxylation is 1. The summed E-state index contributed by atoms with van der Waals surface area (Å²) < 4.78 is 27.4. The summed E-state index contributed by atoms with van der Waals surface area (Å²) >= 11 is 6.07. The lowest BCUT2D eigenvalue weighted by atomic mass is 10.2. The number of fused-ring (bicyclic) bond motifs is 1. The van der Waals surface area contributed by atoms with Crippen molar-refractivity contribution >= 4 is 44.6 Å². The number of rotatable bonds is 5. The number of nitrogens with zero attached hydrogens (tertiary/aromatic N) is 3. The van der Waals surface area contributed by atoms with Gasteiger partial charge in [0.2, 0.25) is 5.28 Å². The van der Waals surface area contributed by atoms with Gasteiger partial charge in [-0.25, -0.2) is 17.4 Å². The monoisotopic (exact) mass is 388 g/mol. The molecule has 0 bridgehead atoms. The van der Waals surface area contributed by atoms with E-state index in [0.717, 1.165) is 22.4 Å². The second kappa shape index (κ2) is 6.10. The molecule has 0 aliphatic heterocycles. The van der Waals surface area contributed by atoms with Gasteiger partial charge in [-0.2, -0.15) is 4.98 Å². The molecule has 1 aromatic carbocycles. The van der Waals surface area contributed by atoms with Gasteiger partial charge in [-0.15, -0.1) is 0 Å². The van der Waals surface area contributed by atoms with Gasteiger partial charge < -0.3 is 5.32 Å². The van der Waals surface area contributed by atoms with Crippen molar-refractivity contribution in [3.8, 4) is 0 Å². The lowest BCUT2D eigenvalue weighted by Crippen LogP contribution is -2.13. The van der Waals surface area contributed by atoms with Gasteiger partial charge in [-0.3, -0.25) is 0 Å². The van der Waals surface area contributed by atoms with E-state index in [9.17, 15) is 8.42 Å². The van der Waals surface area contributed by atoms with Crippen molar-refractivity contribution in [1.82, 2.24) is 13.9 Å². The molecule has 1 saturated carbocycles. The number of hydrogen-bond donors (Lipinski definition) is 1. The van der Waals surface area contributed by atoms with Gasteiger partial charge in [0, 0.05) is 17.8 Å². The second-order valence-corrected chi connectivity index (χ2v) is 8.51. The number of benzene rings is 1. The number of halogens is 1. The van der Waals surface area contributed by atoms with E-state index in [1.165, 1.54) is 6.20 Å². The van der Waals surface area contributed by atoms with Crippen LogP contribution in [0.1, 0.15) is 24.0 Å². The molecule has 0 amide bonds. The van der Waals surface area contributed by atoms with Crippen molar-refractivity contribution < 1.29 is 8.42 Å². The van der Waals surface area contributed by atoms with Crippen LogP contribution in [0.25, 0.3) is 17.1 Å². The lowest BCUT2D eigenvalue weighted by Gasteiger charge is -2.09. The fourth-order valence-corrected chi connectivity index (χ4v) is 4.27. The van der Waals surface area contributed by atoms with Crippen molar-refractivity contribution in [2.24, 2.45) is 0 Å². The third kappa shape index (κ3) is 2.87. The first-order valence-electron chi connectivity index (χ1n) is 8.20. The predicted octanol–water partition coefficient (Wildman–Crippen LogP) is 3.85. The van der Waals surface area contributed by atoms with Crippen LogP contribution >= 0.6 is 11.6 Å². The molecule has 0 atom stereocenters. The smallest absolute Gasteiger partial charge is 0.269 e. The average molecular weight is 389 g/mol. The van der Waals surface area contributed by atoms with Crippen LogP contribution in [-0.2, 0) is 10.0 Å². The van der Waals surface area contributed by atoms with Crippen LogP contribution in [0.4, 0.5) is 5.82 Å². The first-order valence-corrected chi connectivity index (χ1v) is 10.0. The minimum absolute atomic E-state index is 0.00489. The summed E-state index contributed by atoms with van der Waals surface area (Å²) in [5, 5.41) is 3.89. The zero-order valence-electron chi connectivity index (χ0n) is 14.1. The summed E-state index contributed by atoms with van der Waals surface area (Å²) in [6, 6.07) is 7.01. The van der Waals surface area contributed by atoms with Crippen LogP contribution in [0.2, 0.25) is 5.28 Å². The fourth-order valence-electron chi connectivity index (χ4n) is 2.79. The summed E-state index contributed by atoms with van der Waals surface area (Å²) in [6.45, 7) is 5.70. The molecule has 6 nitrogen and oxygen atoms in total. The Hall–Kier alpha value is -2.38. The Balaban J connectivity index is 1.96. The predicted molar refractivity (Wildman–Crippen MR) is 103 cm³/mol. The Morgan fingerprint density at radius 3 is 2.58 bits per heavy atom. The van der Waals surface area contributed by atoms with Crippen molar-refractivity contribution in [3.63, 3.8) is 0 Å². The maximum atomic E-state index is 13.2.